The smallest absolute Gasteiger partial charge is 0.162 e. The molecule has 8 heterocycles. The summed E-state index contributed by atoms with van der Waals surface area (Å²) in [6.45, 7) is 0. The summed E-state index contributed by atoms with van der Waals surface area (Å²) in [6.07, 6.45) is 0. The van der Waals surface area contributed by atoms with Crippen molar-refractivity contribution in [3.63, 3.8) is 0 Å². The van der Waals surface area contributed by atoms with Crippen LogP contribution in [-0.4, -0.2) is 42.4 Å². The van der Waals surface area contributed by atoms with E-state index in [1.807, 2.05) is 24.3 Å². The molecule has 22 aromatic carbocycles. The molecule has 0 aliphatic heterocycles. The van der Waals surface area contributed by atoms with Crippen molar-refractivity contribution in [2.45, 2.75) is 0 Å². The topological polar surface area (TPSA) is 68.2 Å². The second kappa shape index (κ2) is 36.0. The lowest BCUT2D eigenvalue weighted by molar-refractivity contribution is 1.05. The van der Waals surface area contributed by atoms with E-state index in [4.69, 9.17) is 15.0 Å². The zero-order valence-electron chi connectivity index (χ0n) is 81.6. The number of hydrogen-bond donors (Lipinski definition) is 0. The fourth-order valence-corrected chi connectivity index (χ4v) is 23.2. The summed E-state index contributed by atoms with van der Waals surface area (Å²) in [7, 11) is 0. The maximum absolute atomic E-state index is 5.46. The van der Waals surface area contributed by atoms with Crippen LogP contribution in [0.3, 0.4) is 0 Å². The predicted octanol–water partition coefficient (Wildman–Crippen LogP) is 36.8. The van der Waals surface area contributed by atoms with Crippen LogP contribution in [0.5, 0.6) is 0 Å². The van der Waals surface area contributed by atoms with E-state index in [-0.39, 0.29) is 0 Å². The molecule has 700 valence electrons. The van der Waals surface area contributed by atoms with E-state index in [0.717, 1.165) is 151 Å². The van der Waals surface area contributed by atoms with Gasteiger partial charge in [0.05, 0.1) is 77.6 Å². The number of nitrogens with zero attached hydrogens (tertiary/aromatic N) is 9. The fraction of sp³-hybridized carbons (Fsp3) is 0. The van der Waals surface area contributed by atoms with Crippen LogP contribution in [0.4, 0.5) is 0 Å². The zero-order chi connectivity index (χ0) is 98.8. The van der Waals surface area contributed by atoms with Gasteiger partial charge in [0, 0.05) is 110 Å². The minimum atomic E-state index is 0.682. The molecule has 9 nitrogen and oxygen atoms in total. The second-order valence-electron chi connectivity index (χ2n) is 38.9. The summed E-state index contributed by atoms with van der Waals surface area (Å²) in [5.74, 6) is 2.37. The van der Waals surface area contributed by atoms with Crippen molar-refractivity contribution in [2.75, 3.05) is 0 Å². The number of benzene rings is 22. The first kappa shape index (κ1) is 86.5. The highest BCUT2D eigenvalue weighted by molar-refractivity contribution is 6.19. The Labute approximate surface area is 865 Å². The lowest BCUT2D eigenvalue weighted by Crippen LogP contribution is -2.02. The van der Waals surface area contributed by atoms with Gasteiger partial charge in [0.15, 0.2) is 5.82 Å². The average molecular weight is 1910 g/mol. The number of pyridine rings is 1. The van der Waals surface area contributed by atoms with Crippen molar-refractivity contribution in [1.82, 2.24) is 42.4 Å². The highest BCUT2D eigenvalue weighted by atomic mass is 15.1. The van der Waals surface area contributed by atoms with Gasteiger partial charge in [-0.15, -0.1) is 0 Å². The Hall–Kier alpha value is -20.1. The van der Waals surface area contributed by atoms with Crippen LogP contribution in [0.2, 0.25) is 0 Å². The summed E-state index contributed by atoms with van der Waals surface area (Å²) in [6, 6.07) is 200. The van der Waals surface area contributed by atoms with Crippen LogP contribution in [0.15, 0.2) is 552 Å². The zero-order valence-corrected chi connectivity index (χ0v) is 81.6. The summed E-state index contributed by atoms with van der Waals surface area (Å²) < 4.78 is 14.4. The normalized spacial score (nSPS) is 11.7. The third-order valence-corrected chi connectivity index (χ3v) is 30.3. The van der Waals surface area contributed by atoms with E-state index in [9.17, 15) is 0 Å². The highest BCUT2D eigenvalue weighted by Gasteiger charge is 2.27. The van der Waals surface area contributed by atoms with Crippen LogP contribution in [0.25, 0.3) is 277 Å². The second-order valence-corrected chi connectivity index (χ2v) is 38.9. The minimum absolute atomic E-state index is 0.682. The first-order chi connectivity index (χ1) is 74.4. The van der Waals surface area contributed by atoms with Crippen molar-refractivity contribution < 1.29 is 0 Å². The van der Waals surface area contributed by atoms with Gasteiger partial charge in [-0.2, -0.15) is 0 Å². The lowest BCUT2D eigenvalue weighted by atomic mass is 9.98. The number of hydrogen-bond acceptors (Lipinski definition) is 3. The maximum atomic E-state index is 5.46. The van der Waals surface area contributed by atoms with Gasteiger partial charge in [-0.1, -0.05) is 364 Å². The Morgan fingerprint density at radius 2 is 0.320 bits per heavy atom. The molecular weight excluding hydrogens is 1820 g/mol. The van der Waals surface area contributed by atoms with Gasteiger partial charge < -0.3 is 18.3 Å². The van der Waals surface area contributed by atoms with E-state index in [1.54, 1.807) is 0 Å². The van der Waals surface area contributed by atoms with E-state index < -0.39 is 0 Å². The monoisotopic (exact) mass is 1910 g/mol. The van der Waals surface area contributed by atoms with Crippen molar-refractivity contribution in [3.05, 3.63) is 552 Å². The molecule has 9 heteroatoms. The molecule has 0 fully saturated rings. The Kier molecular flexibility index (Phi) is 20.8. The fourth-order valence-electron chi connectivity index (χ4n) is 23.2. The van der Waals surface area contributed by atoms with E-state index in [2.05, 4.69) is 555 Å². The molecule has 0 bridgehead atoms. The first-order valence-electron chi connectivity index (χ1n) is 51.2. The van der Waals surface area contributed by atoms with Crippen LogP contribution in [-0.2, 0) is 0 Å². The molecule has 0 spiro atoms. The molecule has 0 saturated heterocycles. The molecule has 0 aliphatic rings. The third kappa shape index (κ3) is 14.9. The van der Waals surface area contributed by atoms with Crippen LogP contribution < -0.4 is 0 Å². The van der Waals surface area contributed by atoms with Crippen LogP contribution in [0.1, 0.15) is 0 Å². The number of aromatic nitrogens is 9. The predicted molar refractivity (Wildman–Crippen MR) is 627 cm³/mol. The van der Waals surface area contributed by atoms with Crippen LogP contribution in [0, 0.1) is 0 Å². The van der Waals surface area contributed by atoms with Gasteiger partial charge in [0.25, 0.3) is 0 Å². The molecule has 150 heavy (non-hydrogen) atoms. The standard InChI is InChI=1S/C71H46N4.C70H45N5/c1-6-18-47(19-7-1)51-30-35-66-59(40-51)60-42-53(32-36-67(60)74(66)57-34-39-68-63(46-57)58-28-16-17-29-65(58)73(68)56-26-14-5-15-27-56)54-33-38-70-62(43-54)61-41-52(48-20-8-2-9-21-48)31-37-69(61)75(70)71-45-55(49-22-10-3-11-23-49)44-64(72-71)50-24-12-4-13-25-50;1-6-18-46(19-7-1)50-30-35-64-57(40-50)58-42-52(32-36-65(58)74(64)55-34-39-66-61(44-55)56-28-16-17-29-63(56)73(66)54-26-14-5-15-27-54)53-33-38-68-60(43-53)59-41-51(47-20-8-2-9-21-47)31-37-67(59)75(68)69-45-62(48-22-10-3-11-23-48)71-70(72-69)49-24-12-4-13-25-49/h1-46H;1-45H. The SMILES string of the molecule is c1ccc(-c2cc(-c3ccccc3)nc(-n3c4ccc(-c5ccccc5)cc4c4cc(-c5ccc6c(c5)c5cc(-c7ccccc7)ccc5n6-c5ccc6c(c5)c5ccccc5n6-c5ccccc5)ccc43)c2)cc1.c1ccc(-c2ccc3c(c2)c2cc(-c4ccc5c(c4)c4cc(-c6ccccc6)ccc4n5-c4cc(-c5ccccc5)nc(-c5ccccc5)n4)ccc2n3-c2ccc3c(c2)c2ccccc2n3-c2ccccc2)cc1. The van der Waals surface area contributed by atoms with Crippen molar-refractivity contribution >= 4 is 131 Å². The summed E-state index contributed by atoms with van der Waals surface area (Å²) >= 11 is 0. The average Bonchev–Trinajstić information content (AvgIpc) is 1.58. The summed E-state index contributed by atoms with van der Waals surface area (Å²) in [5.41, 5.74) is 39.5. The molecule has 0 radical (unpaired) electrons. The largest absolute Gasteiger partial charge is 0.309 e. The number of para-hydroxylation sites is 4. The third-order valence-electron chi connectivity index (χ3n) is 30.3. The Morgan fingerprint density at radius 1 is 0.107 bits per heavy atom. The Bertz CT molecular complexity index is 9820. The Morgan fingerprint density at radius 3 is 0.627 bits per heavy atom. The molecule has 0 unspecified atom stereocenters. The minimum Gasteiger partial charge on any atom is -0.309 e. The van der Waals surface area contributed by atoms with E-state index >= 15 is 0 Å². The molecule has 0 N–H and O–H groups in total. The molecule has 0 saturated carbocycles. The number of rotatable bonds is 16. The molecule has 0 amide bonds. The molecule has 30 rings (SSSR count). The molecule has 8 aromatic heterocycles. The van der Waals surface area contributed by atoms with Crippen molar-refractivity contribution in [2.24, 2.45) is 0 Å². The van der Waals surface area contributed by atoms with Gasteiger partial charge in [0.2, 0.25) is 0 Å². The van der Waals surface area contributed by atoms with Gasteiger partial charge in [-0.05, 0) is 260 Å². The number of fused-ring (bicyclic) bond motifs is 18. The van der Waals surface area contributed by atoms with Gasteiger partial charge in [-0.3, -0.25) is 9.13 Å². The van der Waals surface area contributed by atoms with Gasteiger partial charge in [0.1, 0.15) is 11.6 Å². The first-order valence-corrected chi connectivity index (χ1v) is 51.2. The van der Waals surface area contributed by atoms with Crippen LogP contribution >= 0.6 is 0 Å². The Balaban J connectivity index is 0.000000141. The highest BCUT2D eigenvalue weighted by Crippen LogP contribution is 2.48. The van der Waals surface area contributed by atoms with E-state index in [0.29, 0.717) is 5.82 Å². The molecular formula is C141H91N9. The van der Waals surface area contributed by atoms with Gasteiger partial charge >= 0.3 is 0 Å². The molecule has 0 aliphatic carbocycles. The van der Waals surface area contributed by atoms with E-state index in [1.165, 1.54) is 120 Å². The van der Waals surface area contributed by atoms with Crippen molar-refractivity contribution in [1.29, 1.82) is 0 Å². The quantitative estimate of drug-likeness (QED) is 0.0968. The summed E-state index contributed by atoms with van der Waals surface area (Å²) in [4.78, 5) is 16.0. The maximum Gasteiger partial charge on any atom is 0.162 e. The molecule has 30 aromatic rings. The van der Waals surface area contributed by atoms with Crippen molar-refractivity contribution in [3.8, 4) is 146 Å². The summed E-state index contributed by atoms with van der Waals surface area (Å²) in [5, 5.41) is 14.4. The lowest BCUT2D eigenvalue weighted by Gasteiger charge is -2.13. The van der Waals surface area contributed by atoms with Gasteiger partial charge in [-0.25, -0.2) is 15.0 Å². The molecule has 0 atom stereocenters.